The lowest BCUT2D eigenvalue weighted by Gasteiger charge is -2.33. The number of nitrogens with one attached hydrogen (secondary N) is 1. The monoisotopic (exact) mass is 429 g/mol. The minimum Gasteiger partial charge on any atom is -0.363 e. The molecule has 0 spiro atoms. The van der Waals surface area contributed by atoms with Crippen molar-refractivity contribution >= 4 is 17.5 Å². The first-order valence-corrected chi connectivity index (χ1v) is 12.0. The van der Waals surface area contributed by atoms with Crippen molar-refractivity contribution in [1.82, 2.24) is 5.32 Å². The molecule has 0 aromatic rings. The zero-order valence-electron chi connectivity index (χ0n) is 18.8. The molecular weight excluding hydrogens is 386 g/mol. The topological polar surface area (TPSA) is 69.6 Å². The number of alkyl halides is 1. The third-order valence-corrected chi connectivity index (χ3v) is 5.52. The second-order valence-electron chi connectivity index (χ2n) is 7.91. The number of unbranched alkanes of at least 4 members (excludes halogenated alkanes) is 8. The fraction of sp³-hybridized carbons (Fsp3) is 0.792. The highest BCUT2D eigenvalue weighted by molar-refractivity contribution is 6.21. The molecule has 0 rings (SSSR count). The minimum absolute atomic E-state index is 0.146. The van der Waals surface area contributed by atoms with E-state index in [1.54, 1.807) is 6.92 Å². The molecule has 0 aliphatic carbocycles. The molecule has 0 heterocycles. The van der Waals surface area contributed by atoms with Crippen molar-refractivity contribution in [2.75, 3.05) is 0 Å². The number of halogens is 1. The van der Waals surface area contributed by atoms with Crippen LogP contribution in [0.5, 0.6) is 0 Å². The first-order chi connectivity index (χ1) is 13.9. The van der Waals surface area contributed by atoms with E-state index in [9.17, 15) is 15.0 Å². The molecule has 0 aromatic carbocycles. The quantitative estimate of drug-likeness (QED) is 0.108. The number of hydrogen-bond donors (Lipinski definition) is 3. The van der Waals surface area contributed by atoms with E-state index in [1.807, 2.05) is 0 Å². The Hall–Kier alpha value is -0.840. The molecule has 0 bridgehead atoms. The lowest BCUT2D eigenvalue weighted by molar-refractivity contribution is -0.184. The first-order valence-electron chi connectivity index (χ1n) is 11.5. The highest BCUT2D eigenvalue weighted by Crippen LogP contribution is 2.20. The maximum absolute atomic E-state index is 12.0. The average molecular weight is 430 g/mol. The lowest BCUT2D eigenvalue weighted by Crippen LogP contribution is -2.56. The Morgan fingerprint density at radius 1 is 0.931 bits per heavy atom. The number of carbonyl (C=O) groups excluding carboxylic acids is 1. The highest BCUT2D eigenvalue weighted by Gasteiger charge is 2.38. The number of amides is 1. The van der Waals surface area contributed by atoms with Gasteiger partial charge >= 0.3 is 0 Å². The Morgan fingerprint density at radius 3 is 2.03 bits per heavy atom. The van der Waals surface area contributed by atoms with Crippen molar-refractivity contribution < 1.29 is 15.0 Å². The van der Waals surface area contributed by atoms with Gasteiger partial charge in [0.05, 0.1) is 11.4 Å². The Kier molecular flexibility index (Phi) is 17.5. The smallest absolute Gasteiger partial charge is 0.220 e. The number of aliphatic hydroxyl groups is 2. The Balaban J connectivity index is 3.67. The number of hydrogen-bond acceptors (Lipinski definition) is 3. The van der Waals surface area contributed by atoms with Gasteiger partial charge < -0.3 is 15.5 Å². The second-order valence-corrected chi connectivity index (χ2v) is 8.56. The Bertz CT molecular complexity index is 461. The summed E-state index contributed by atoms with van der Waals surface area (Å²) in [5, 5.41) is 21.8. The second kappa shape index (κ2) is 18.0. The molecule has 5 heteroatoms. The molecule has 3 N–H and O–H groups in total. The molecule has 4 nitrogen and oxygen atoms in total. The number of rotatable bonds is 18. The summed E-state index contributed by atoms with van der Waals surface area (Å²) in [7, 11) is 0. The molecule has 29 heavy (non-hydrogen) atoms. The molecule has 0 aromatic heterocycles. The maximum Gasteiger partial charge on any atom is 0.220 e. The van der Waals surface area contributed by atoms with Crippen LogP contribution in [0.2, 0.25) is 0 Å². The summed E-state index contributed by atoms with van der Waals surface area (Å²) in [4.78, 5) is 12.0. The van der Waals surface area contributed by atoms with Crippen molar-refractivity contribution in [2.24, 2.45) is 0 Å². The van der Waals surface area contributed by atoms with Gasteiger partial charge in [-0.3, -0.25) is 4.79 Å². The molecule has 2 atom stereocenters. The molecule has 1 amide bonds. The summed E-state index contributed by atoms with van der Waals surface area (Å²) in [6.45, 7) is 5.54. The van der Waals surface area contributed by atoms with E-state index in [0.29, 0.717) is 12.8 Å². The van der Waals surface area contributed by atoms with Crippen LogP contribution in [0.1, 0.15) is 104 Å². The minimum atomic E-state index is -2.09. The van der Waals surface area contributed by atoms with Gasteiger partial charge in [0.2, 0.25) is 5.91 Å². The van der Waals surface area contributed by atoms with E-state index < -0.39 is 17.2 Å². The van der Waals surface area contributed by atoms with E-state index >= 15 is 0 Å². The summed E-state index contributed by atoms with van der Waals surface area (Å²) in [5.41, 5.74) is 0. The van der Waals surface area contributed by atoms with E-state index in [4.69, 9.17) is 11.6 Å². The fourth-order valence-corrected chi connectivity index (χ4v) is 3.30. The van der Waals surface area contributed by atoms with E-state index in [-0.39, 0.29) is 5.91 Å². The zero-order chi connectivity index (χ0) is 22.0. The normalized spacial score (nSPS) is 14.6. The van der Waals surface area contributed by atoms with Crippen LogP contribution < -0.4 is 5.32 Å². The van der Waals surface area contributed by atoms with Gasteiger partial charge in [0.1, 0.15) is 0 Å². The van der Waals surface area contributed by atoms with Gasteiger partial charge in [-0.2, -0.15) is 0 Å². The molecule has 0 saturated carbocycles. The standard InChI is InChI=1S/C24H44ClNO3/c1-4-6-7-8-9-10-11-12-13-14-15-16-17-18-19-20-23(27)26-22(5-2)24(28,29)21(3)25/h9-10,12-13,21-22,28-29H,4-8,11,14-20H2,1-3H3,(H,26,27)/b10-9-,13-12-. The van der Waals surface area contributed by atoms with Gasteiger partial charge in [-0.1, -0.05) is 70.3 Å². The van der Waals surface area contributed by atoms with Crippen molar-refractivity contribution in [3.63, 3.8) is 0 Å². The molecule has 0 saturated heterocycles. The first kappa shape index (κ1) is 28.2. The van der Waals surface area contributed by atoms with E-state index in [1.165, 1.54) is 45.4 Å². The number of allylic oxidation sites excluding steroid dienone is 4. The van der Waals surface area contributed by atoms with Gasteiger partial charge in [-0.25, -0.2) is 0 Å². The van der Waals surface area contributed by atoms with Gasteiger partial charge in [-0.05, 0) is 51.9 Å². The predicted octanol–water partition coefficient (Wildman–Crippen LogP) is 6.00. The molecule has 0 radical (unpaired) electrons. The summed E-state index contributed by atoms with van der Waals surface area (Å²) in [6, 6.07) is -0.750. The van der Waals surface area contributed by atoms with Crippen LogP contribution in [-0.4, -0.2) is 33.3 Å². The van der Waals surface area contributed by atoms with Gasteiger partial charge in [0.15, 0.2) is 5.79 Å². The number of carbonyl (C=O) groups is 1. The molecule has 170 valence electrons. The predicted molar refractivity (Wildman–Crippen MR) is 124 cm³/mol. The molecule has 0 fully saturated rings. The zero-order valence-corrected chi connectivity index (χ0v) is 19.6. The summed E-state index contributed by atoms with van der Waals surface area (Å²) in [5.74, 6) is -2.24. The molecular formula is C24H44ClNO3. The van der Waals surface area contributed by atoms with Crippen molar-refractivity contribution in [1.29, 1.82) is 0 Å². The van der Waals surface area contributed by atoms with Gasteiger partial charge in [0, 0.05) is 6.42 Å². The van der Waals surface area contributed by atoms with Crippen LogP contribution >= 0.6 is 11.6 Å². The van der Waals surface area contributed by atoms with Crippen LogP contribution in [0.15, 0.2) is 24.3 Å². The third-order valence-electron chi connectivity index (χ3n) is 5.20. The summed E-state index contributed by atoms with van der Waals surface area (Å²) in [6.07, 6.45) is 22.5. The molecule has 0 aliphatic heterocycles. The van der Waals surface area contributed by atoms with E-state index in [0.717, 1.165) is 32.1 Å². The Morgan fingerprint density at radius 2 is 1.48 bits per heavy atom. The lowest BCUT2D eigenvalue weighted by atomic mass is 10.0. The van der Waals surface area contributed by atoms with Crippen LogP contribution in [0.3, 0.4) is 0 Å². The molecule has 2 unspecified atom stereocenters. The van der Waals surface area contributed by atoms with Crippen molar-refractivity contribution in [3.05, 3.63) is 24.3 Å². The summed E-state index contributed by atoms with van der Waals surface area (Å²) >= 11 is 5.81. The van der Waals surface area contributed by atoms with E-state index in [2.05, 4.69) is 36.5 Å². The summed E-state index contributed by atoms with van der Waals surface area (Å²) < 4.78 is 0. The van der Waals surface area contributed by atoms with Crippen LogP contribution in [0.25, 0.3) is 0 Å². The highest BCUT2D eigenvalue weighted by atomic mass is 35.5. The maximum atomic E-state index is 12.0. The van der Waals surface area contributed by atoms with Crippen molar-refractivity contribution in [2.45, 2.75) is 121 Å². The SMILES string of the molecule is CCCCC/C=C\C/C=C\CCCCCCCC(=O)NC(CC)C(O)(O)C(C)Cl. The van der Waals surface area contributed by atoms with Crippen LogP contribution in [-0.2, 0) is 4.79 Å². The van der Waals surface area contributed by atoms with Crippen molar-refractivity contribution in [3.8, 4) is 0 Å². The Labute approximate surface area is 183 Å². The largest absolute Gasteiger partial charge is 0.363 e. The average Bonchev–Trinajstić information content (AvgIpc) is 2.68. The molecule has 0 aliphatic rings. The van der Waals surface area contributed by atoms with Crippen LogP contribution in [0.4, 0.5) is 0 Å². The fourth-order valence-electron chi connectivity index (χ4n) is 3.15. The van der Waals surface area contributed by atoms with Crippen LogP contribution in [0, 0.1) is 0 Å². The third kappa shape index (κ3) is 14.7. The van der Waals surface area contributed by atoms with Gasteiger partial charge in [0.25, 0.3) is 0 Å². The van der Waals surface area contributed by atoms with Gasteiger partial charge in [-0.15, -0.1) is 11.6 Å².